The van der Waals surface area contributed by atoms with Gasteiger partial charge in [-0.1, -0.05) is 13.8 Å². The zero-order valence-corrected chi connectivity index (χ0v) is 14.2. The lowest BCUT2D eigenvalue weighted by Gasteiger charge is -2.09. The molecule has 0 atom stereocenters. The van der Waals surface area contributed by atoms with Crippen molar-refractivity contribution < 1.29 is 23.3 Å². The number of nitrogens with one attached hydrogen (secondary N) is 2. The number of aromatic amines is 1. The summed E-state index contributed by atoms with van der Waals surface area (Å²) in [6.45, 7) is 5.38. The standard InChI is InChI=1S/C18H21F2N3O2/c1-11(2)5-6-22-9-12-7-14(19)17(15(20)8-12)25-16-4-3-13(10-23-16)18(21)24/h3-4,7-8,10-11,22H,5-6,9H2,1-2H3,(H2,21,24)/p+1. The Hall–Kier alpha value is -2.54. The number of ether oxygens (including phenoxy) is 1. The van der Waals surface area contributed by atoms with Gasteiger partial charge in [0.2, 0.25) is 5.75 Å². The fraction of sp³-hybridized carbons (Fsp3) is 0.333. The van der Waals surface area contributed by atoms with Crippen molar-refractivity contribution >= 4 is 5.91 Å². The van der Waals surface area contributed by atoms with Gasteiger partial charge in [-0.25, -0.2) is 8.78 Å². The number of amides is 1. The highest BCUT2D eigenvalue weighted by atomic mass is 19.1. The first-order valence-electron chi connectivity index (χ1n) is 8.05. The number of aromatic nitrogens is 1. The van der Waals surface area contributed by atoms with Gasteiger partial charge in [-0.05, 0) is 42.6 Å². The van der Waals surface area contributed by atoms with Gasteiger partial charge in [-0.3, -0.25) is 4.79 Å². The smallest absolute Gasteiger partial charge is 0.371 e. The molecule has 0 unspecified atom stereocenters. The van der Waals surface area contributed by atoms with Gasteiger partial charge in [-0.2, -0.15) is 4.98 Å². The number of primary amides is 1. The van der Waals surface area contributed by atoms with Crippen molar-refractivity contribution in [1.82, 2.24) is 5.32 Å². The maximum absolute atomic E-state index is 14.2. The molecule has 2 aromatic rings. The number of benzene rings is 1. The Morgan fingerprint density at radius 3 is 2.48 bits per heavy atom. The van der Waals surface area contributed by atoms with Crippen molar-refractivity contribution in [3.8, 4) is 11.6 Å². The summed E-state index contributed by atoms with van der Waals surface area (Å²) in [5, 5.41) is 3.15. The predicted octanol–water partition coefficient (Wildman–Crippen LogP) is 2.81. The third-order valence-electron chi connectivity index (χ3n) is 3.57. The number of hydrogen-bond acceptors (Lipinski definition) is 3. The van der Waals surface area contributed by atoms with E-state index in [1.807, 2.05) is 0 Å². The van der Waals surface area contributed by atoms with Crippen LogP contribution in [0.2, 0.25) is 0 Å². The first-order chi connectivity index (χ1) is 11.9. The first-order valence-corrected chi connectivity index (χ1v) is 8.05. The van der Waals surface area contributed by atoms with Crippen LogP contribution in [0, 0.1) is 17.6 Å². The van der Waals surface area contributed by atoms with E-state index in [1.54, 1.807) is 0 Å². The lowest BCUT2D eigenvalue weighted by Crippen LogP contribution is -2.17. The van der Waals surface area contributed by atoms with Crippen LogP contribution in [-0.2, 0) is 6.54 Å². The molecule has 1 amide bonds. The Bertz CT molecular complexity index is 711. The van der Waals surface area contributed by atoms with Crippen molar-refractivity contribution in [3.05, 3.63) is 53.2 Å². The second-order valence-electron chi connectivity index (χ2n) is 6.16. The lowest BCUT2D eigenvalue weighted by atomic mass is 10.1. The van der Waals surface area contributed by atoms with Gasteiger partial charge in [0.05, 0.1) is 6.07 Å². The van der Waals surface area contributed by atoms with Gasteiger partial charge in [-0.15, -0.1) is 0 Å². The summed E-state index contributed by atoms with van der Waals surface area (Å²) < 4.78 is 33.5. The van der Waals surface area contributed by atoms with Crippen molar-refractivity contribution in [3.63, 3.8) is 0 Å². The molecule has 134 valence electrons. The van der Waals surface area contributed by atoms with E-state index < -0.39 is 23.3 Å². The molecule has 0 aliphatic rings. The molecular weight excluding hydrogens is 328 g/mol. The minimum Gasteiger partial charge on any atom is -0.399 e. The van der Waals surface area contributed by atoms with Gasteiger partial charge < -0.3 is 15.8 Å². The van der Waals surface area contributed by atoms with E-state index in [9.17, 15) is 13.6 Å². The molecule has 7 heteroatoms. The minimum absolute atomic E-state index is 0.0885. The summed E-state index contributed by atoms with van der Waals surface area (Å²) in [6.07, 6.45) is 2.30. The normalized spacial score (nSPS) is 10.9. The molecule has 0 radical (unpaired) electrons. The summed E-state index contributed by atoms with van der Waals surface area (Å²) in [5.74, 6) is -2.07. The molecule has 0 aliphatic carbocycles. The van der Waals surface area contributed by atoms with Gasteiger partial charge >= 0.3 is 5.88 Å². The van der Waals surface area contributed by atoms with Crippen molar-refractivity contribution in [2.24, 2.45) is 11.7 Å². The molecule has 1 aromatic carbocycles. The average molecular weight is 350 g/mol. The highest BCUT2D eigenvalue weighted by Gasteiger charge is 2.17. The van der Waals surface area contributed by atoms with Crippen LogP contribution in [0.5, 0.6) is 11.6 Å². The zero-order chi connectivity index (χ0) is 18.4. The van der Waals surface area contributed by atoms with Crippen molar-refractivity contribution in [2.75, 3.05) is 6.54 Å². The van der Waals surface area contributed by atoms with E-state index >= 15 is 0 Å². The summed E-state index contributed by atoms with van der Waals surface area (Å²) >= 11 is 0. The SMILES string of the molecule is CC(C)CCNCc1cc(F)c(Oc2ccc(C(N)=O)c[nH+]2)c(F)c1. The Balaban J connectivity index is 2.05. The van der Waals surface area contributed by atoms with Gasteiger partial charge in [0, 0.05) is 6.54 Å². The Kier molecular flexibility index (Phi) is 6.41. The molecule has 0 spiro atoms. The maximum Gasteiger partial charge on any atom is 0.371 e. The summed E-state index contributed by atoms with van der Waals surface area (Å²) in [6, 6.07) is 5.24. The molecule has 4 N–H and O–H groups in total. The monoisotopic (exact) mass is 350 g/mol. The second kappa shape index (κ2) is 8.53. The zero-order valence-electron chi connectivity index (χ0n) is 14.2. The fourth-order valence-electron chi connectivity index (χ4n) is 2.17. The predicted molar refractivity (Wildman–Crippen MR) is 89.1 cm³/mol. The third kappa shape index (κ3) is 5.49. The van der Waals surface area contributed by atoms with Crippen LogP contribution in [0.15, 0.2) is 30.5 Å². The highest BCUT2D eigenvalue weighted by Crippen LogP contribution is 2.26. The second-order valence-corrected chi connectivity index (χ2v) is 6.16. The summed E-state index contributed by atoms with van der Waals surface area (Å²) in [4.78, 5) is 13.6. The maximum atomic E-state index is 14.2. The van der Waals surface area contributed by atoms with E-state index in [1.165, 1.54) is 30.5 Å². The molecule has 25 heavy (non-hydrogen) atoms. The number of H-pyrrole nitrogens is 1. The van der Waals surface area contributed by atoms with Crippen LogP contribution in [0.25, 0.3) is 0 Å². The van der Waals surface area contributed by atoms with Crippen LogP contribution < -0.4 is 20.8 Å². The van der Waals surface area contributed by atoms with Crippen LogP contribution in [0.3, 0.4) is 0 Å². The topological polar surface area (TPSA) is 78.5 Å². The van der Waals surface area contributed by atoms with Gasteiger partial charge in [0.1, 0.15) is 5.56 Å². The largest absolute Gasteiger partial charge is 0.399 e. The van der Waals surface area contributed by atoms with E-state index in [0.29, 0.717) is 18.0 Å². The molecule has 0 fully saturated rings. The molecule has 1 aromatic heterocycles. The van der Waals surface area contributed by atoms with Gasteiger partial charge in [0.25, 0.3) is 5.91 Å². The first kappa shape index (κ1) is 18.8. The van der Waals surface area contributed by atoms with E-state index in [2.05, 4.69) is 24.1 Å². The van der Waals surface area contributed by atoms with Crippen molar-refractivity contribution in [1.29, 1.82) is 0 Å². The average Bonchev–Trinajstić information content (AvgIpc) is 2.55. The molecule has 1 heterocycles. The Morgan fingerprint density at radius 1 is 1.28 bits per heavy atom. The molecule has 0 bridgehead atoms. The van der Waals surface area contributed by atoms with Gasteiger partial charge in [0.15, 0.2) is 17.8 Å². The number of rotatable bonds is 8. The van der Waals surface area contributed by atoms with Crippen LogP contribution in [0.1, 0.15) is 36.2 Å². The van der Waals surface area contributed by atoms with Crippen LogP contribution in [0.4, 0.5) is 8.78 Å². The molecule has 2 rings (SSSR count). The molecule has 5 nitrogen and oxygen atoms in total. The number of halogens is 2. The quantitative estimate of drug-likeness (QED) is 0.719. The molecule has 0 saturated heterocycles. The van der Waals surface area contributed by atoms with Crippen molar-refractivity contribution in [2.45, 2.75) is 26.8 Å². The number of carbonyl (C=O) groups is 1. The van der Waals surface area contributed by atoms with Crippen LogP contribution in [-0.4, -0.2) is 12.5 Å². The van der Waals surface area contributed by atoms with Crippen LogP contribution >= 0.6 is 0 Å². The lowest BCUT2D eigenvalue weighted by molar-refractivity contribution is -0.391. The number of pyridine rings is 1. The molecular formula is C18H22F2N3O2+. The molecule has 0 aliphatic heterocycles. The Labute approximate surface area is 145 Å². The highest BCUT2D eigenvalue weighted by molar-refractivity contribution is 5.92. The van der Waals surface area contributed by atoms with E-state index in [0.717, 1.165) is 13.0 Å². The number of hydrogen-bond donors (Lipinski definition) is 2. The third-order valence-corrected chi connectivity index (χ3v) is 3.57. The fourth-order valence-corrected chi connectivity index (χ4v) is 2.17. The number of nitrogens with two attached hydrogens (primary N) is 1. The van der Waals surface area contributed by atoms with E-state index in [4.69, 9.17) is 10.5 Å². The van der Waals surface area contributed by atoms with E-state index in [-0.39, 0.29) is 11.4 Å². The summed E-state index contributed by atoms with van der Waals surface area (Å²) in [5.41, 5.74) is 5.85. The summed E-state index contributed by atoms with van der Waals surface area (Å²) in [7, 11) is 0. The number of carbonyl (C=O) groups excluding carboxylic acids is 1. The minimum atomic E-state index is -0.798. The Morgan fingerprint density at radius 2 is 1.96 bits per heavy atom. The molecule has 0 saturated carbocycles.